The number of rotatable bonds is 12. The highest BCUT2D eigenvalue weighted by Crippen LogP contribution is 2.40. The molecule has 0 spiro atoms. The Morgan fingerprint density at radius 1 is 1.21 bits per heavy atom. The molecule has 5 atom stereocenters. The van der Waals surface area contributed by atoms with E-state index in [2.05, 4.69) is 30.5 Å². The van der Waals surface area contributed by atoms with Crippen molar-refractivity contribution >= 4 is 34.0 Å². The zero-order valence-corrected chi connectivity index (χ0v) is 22.5. The number of benzene rings is 1. The molecular weight excluding hydrogens is 454 g/mol. The van der Waals surface area contributed by atoms with Crippen molar-refractivity contribution in [2.24, 2.45) is 5.92 Å². The number of allylic oxidation sites excluding steroid dienone is 1. The molecular formula is C26H41NO4S2+2. The van der Waals surface area contributed by atoms with Gasteiger partial charge in [0, 0.05) is 10.1 Å². The average Bonchev–Trinajstić information content (AvgIpc) is 3.54. The Balaban J connectivity index is 1.29. The van der Waals surface area contributed by atoms with Gasteiger partial charge in [0.05, 0.1) is 24.4 Å². The largest absolute Gasteiger partial charge is 0.449 e. The molecule has 33 heavy (non-hydrogen) atoms. The fraction of sp³-hybridized carbons (Fsp3) is 0.654. The first-order valence-electron chi connectivity index (χ1n) is 11.9. The number of alkyl carbamates (subject to hydrolysis) is 1. The molecule has 2 fully saturated rings. The molecule has 1 amide bonds. The van der Waals surface area contributed by atoms with Gasteiger partial charge in [0.2, 0.25) is 22.4 Å². The molecule has 0 bridgehead atoms. The number of ether oxygens (including phenoxy) is 2. The second-order valence-electron chi connectivity index (χ2n) is 9.90. The minimum Gasteiger partial charge on any atom is -0.449 e. The van der Waals surface area contributed by atoms with E-state index in [9.17, 15) is 4.79 Å². The standard InChI is InChI=1S/C26H40NO4S2/c1-19(2)21-9-7-10-22(18-21)26(3,4)27-25(28)29-14-8-15-32(5)31-33(6)16-13-20-11-12-23-24(17-20)30-23/h7,9-10,18,20,23-24H,1,8,11-17H2,2-6H3/q+1/p+1. The van der Waals surface area contributed by atoms with Crippen LogP contribution in [0.2, 0.25) is 0 Å². The maximum absolute atomic E-state index is 12.3. The lowest BCUT2D eigenvalue weighted by molar-refractivity contribution is 0.136. The highest BCUT2D eigenvalue weighted by Gasteiger charge is 2.44. The first kappa shape index (κ1) is 26.5. The molecule has 3 rings (SSSR count). The Bertz CT molecular complexity index is 815. The van der Waals surface area contributed by atoms with E-state index in [1.807, 2.05) is 39.0 Å². The molecule has 1 aromatic rings. The summed E-state index contributed by atoms with van der Waals surface area (Å²) < 4.78 is 17.3. The van der Waals surface area contributed by atoms with Gasteiger partial charge in [-0.3, -0.25) is 0 Å². The molecule has 0 radical (unpaired) electrons. The lowest BCUT2D eigenvalue weighted by Gasteiger charge is -2.27. The average molecular weight is 496 g/mol. The second-order valence-corrected chi connectivity index (χ2v) is 13.6. The summed E-state index contributed by atoms with van der Waals surface area (Å²) in [6.07, 6.45) is 11.0. The zero-order chi connectivity index (χ0) is 24.0. The van der Waals surface area contributed by atoms with Gasteiger partial charge in [-0.25, -0.2) is 4.79 Å². The van der Waals surface area contributed by atoms with E-state index >= 15 is 0 Å². The van der Waals surface area contributed by atoms with Crippen LogP contribution in [0.3, 0.4) is 0 Å². The predicted octanol–water partition coefficient (Wildman–Crippen LogP) is 5.37. The van der Waals surface area contributed by atoms with Crippen LogP contribution < -0.4 is 5.32 Å². The van der Waals surface area contributed by atoms with Gasteiger partial charge in [0.1, 0.15) is 24.0 Å². The van der Waals surface area contributed by atoms with Gasteiger partial charge in [-0.05, 0) is 69.6 Å². The summed E-state index contributed by atoms with van der Waals surface area (Å²) >= 11 is -0.117. The van der Waals surface area contributed by atoms with E-state index in [1.54, 1.807) is 0 Å². The third-order valence-electron chi connectivity index (χ3n) is 6.46. The van der Waals surface area contributed by atoms with Gasteiger partial charge in [0.15, 0.2) is 0 Å². The molecule has 5 nitrogen and oxygen atoms in total. The third kappa shape index (κ3) is 8.53. The van der Waals surface area contributed by atoms with Gasteiger partial charge in [-0.15, -0.1) is 0 Å². The van der Waals surface area contributed by atoms with Gasteiger partial charge < -0.3 is 14.8 Å². The van der Waals surface area contributed by atoms with E-state index < -0.39 is 5.54 Å². The van der Waals surface area contributed by atoms with Crippen LogP contribution in [0.5, 0.6) is 0 Å². The second kappa shape index (κ2) is 12.0. The Morgan fingerprint density at radius 2 is 1.97 bits per heavy atom. The van der Waals surface area contributed by atoms with Crippen LogP contribution in [0, 0.1) is 5.92 Å². The molecule has 1 aromatic carbocycles. The number of fused-ring (bicyclic) bond motifs is 1. The van der Waals surface area contributed by atoms with Crippen LogP contribution in [0.1, 0.15) is 64.0 Å². The van der Waals surface area contributed by atoms with Crippen LogP contribution in [0.4, 0.5) is 4.79 Å². The SMILES string of the molecule is C=C(C)c1cccc(C(C)(C)NC(=O)OCCC[S+](C)O[S+](C)CCC2CCC3OC3C2)c1. The first-order chi connectivity index (χ1) is 15.6. The molecule has 0 aromatic heterocycles. The fourth-order valence-corrected chi connectivity index (χ4v) is 7.63. The number of epoxide rings is 1. The monoisotopic (exact) mass is 495 g/mol. The van der Waals surface area contributed by atoms with Crippen molar-refractivity contribution in [3.8, 4) is 0 Å². The number of carbonyl (C=O) groups is 1. The van der Waals surface area contributed by atoms with E-state index in [-0.39, 0.29) is 28.4 Å². The highest BCUT2D eigenvalue weighted by molar-refractivity contribution is 8.04. The highest BCUT2D eigenvalue weighted by atomic mass is 32.3. The van der Waals surface area contributed by atoms with Crippen LogP contribution in [0.25, 0.3) is 5.57 Å². The van der Waals surface area contributed by atoms with E-state index in [0.717, 1.165) is 40.5 Å². The lowest BCUT2D eigenvalue weighted by atomic mass is 9.88. The smallest absolute Gasteiger partial charge is 0.407 e. The summed E-state index contributed by atoms with van der Waals surface area (Å²) in [6, 6.07) is 8.09. The Morgan fingerprint density at radius 3 is 2.70 bits per heavy atom. The van der Waals surface area contributed by atoms with Crippen molar-refractivity contribution in [2.45, 2.75) is 70.6 Å². The van der Waals surface area contributed by atoms with Crippen LogP contribution >= 0.6 is 0 Å². The van der Waals surface area contributed by atoms with Crippen molar-refractivity contribution in [2.75, 3.05) is 30.6 Å². The van der Waals surface area contributed by atoms with Crippen molar-refractivity contribution in [1.29, 1.82) is 0 Å². The van der Waals surface area contributed by atoms with Crippen LogP contribution in [0.15, 0.2) is 30.8 Å². The first-order valence-corrected chi connectivity index (χ1v) is 15.4. The molecule has 1 heterocycles. The molecule has 1 N–H and O–H groups in total. The molecule has 1 aliphatic heterocycles. The summed E-state index contributed by atoms with van der Waals surface area (Å²) in [5.41, 5.74) is 2.57. The molecule has 1 saturated carbocycles. The molecule has 2 aliphatic rings. The number of carbonyl (C=O) groups excluding carboxylic acids is 1. The minimum absolute atomic E-state index is 0.00847. The van der Waals surface area contributed by atoms with E-state index in [4.69, 9.17) is 13.1 Å². The quantitative estimate of drug-likeness (QED) is 0.241. The Hall–Kier alpha value is -1.15. The lowest BCUT2D eigenvalue weighted by Crippen LogP contribution is -2.41. The van der Waals surface area contributed by atoms with E-state index in [1.165, 1.54) is 25.7 Å². The maximum Gasteiger partial charge on any atom is 0.407 e. The van der Waals surface area contributed by atoms with Crippen LogP contribution in [-0.4, -0.2) is 48.9 Å². The van der Waals surface area contributed by atoms with Gasteiger partial charge in [-0.2, -0.15) is 0 Å². The van der Waals surface area contributed by atoms with Gasteiger partial charge in [0.25, 0.3) is 0 Å². The van der Waals surface area contributed by atoms with Crippen molar-refractivity contribution in [3.05, 3.63) is 42.0 Å². The van der Waals surface area contributed by atoms with E-state index in [0.29, 0.717) is 18.8 Å². The topological polar surface area (TPSA) is 60.1 Å². The number of nitrogens with one attached hydrogen (secondary N) is 1. The maximum atomic E-state index is 12.3. The zero-order valence-electron chi connectivity index (χ0n) is 20.9. The van der Waals surface area contributed by atoms with Crippen molar-refractivity contribution in [3.63, 3.8) is 0 Å². The van der Waals surface area contributed by atoms with Crippen LogP contribution in [-0.2, 0) is 41.0 Å². The number of hydrogen-bond donors (Lipinski definition) is 1. The summed E-state index contributed by atoms with van der Waals surface area (Å²) in [7, 11) is 0. The summed E-state index contributed by atoms with van der Waals surface area (Å²) in [5, 5.41) is 2.99. The minimum atomic E-state index is -0.526. The normalized spacial score (nSPS) is 23.8. The van der Waals surface area contributed by atoms with Gasteiger partial charge >= 0.3 is 6.09 Å². The Kier molecular flexibility index (Phi) is 9.62. The van der Waals surface area contributed by atoms with Crippen molar-refractivity contribution < 1.29 is 17.9 Å². The predicted molar refractivity (Wildman–Crippen MR) is 141 cm³/mol. The molecule has 1 saturated heterocycles. The number of hydrogen-bond acceptors (Lipinski definition) is 4. The Labute approximate surface area is 206 Å². The third-order valence-corrected chi connectivity index (χ3v) is 9.99. The molecule has 1 aliphatic carbocycles. The molecule has 7 heteroatoms. The van der Waals surface area contributed by atoms with Crippen molar-refractivity contribution in [1.82, 2.24) is 5.32 Å². The summed E-state index contributed by atoms with van der Waals surface area (Å²) in [6.45, 7) is 10.3. The van der Waals surface area contributed by atoms with Gasteiger partial charge in [-0.1, -0.05) is 30.4 Å². The molecule has 184 valence electrons. The summed E-state index contributed by atoms with van der Waals surface area (Å²) in [5.74, 6) is 2.86. The molecule has 5 unspecified atom stereocenters. The number of amides is 1. The summed E-state index contributed by atoms with van der Waals surface area (Å²) in [4.78, 5) is 12.3. The fourth-order valence-electron chi connectivity index (χ4n) is 4.31.